The topological polar surface area (TPSA) is 70.2 Å². The lowest BCUT2D eigenvalue weighted by atomic mass is 10.1. The van der Waals surface area contributed by atoms with Gasteiger partial charge in [0.2, 0.25) is 11.9 Å². The molecular weight excluding hydrogens is 302 g/mol. The standard InChI is InChI=1S/C18H21N5O/c24-17-6-15-11-23(12-16(15)22-17)10-14-8-20-18(21-9-14)19-7-13-4-2-1-3-5-13/h1-5,8-9,15-16H,6-7,10-12H2,(H,22,24)(H,19,20,21)/t15-,16+/m0/s1. The van der Waals surface area contributed by atoms with E-state index in [2.05, 4.69) is 37.6 Å². The third-order valence-electron chi connectivity index (χ3n) is 4.72. The van der Waals surface area contributed by atoms with E-state index in [4.69, 9.17) is 0 Å². The van der Waals surface area contributed by atoms with Crippen LogP contribution in [0.15, 0.2) is 42.7 Å². The summed E-state index contributed by atoms with van der Waals surface area (Å²) in [5.74, 6) is 1.31. The zero-order chi connectivity index (χ0) is 16.4. The molecule has 3 heterocycles. The molecule has 4 rings (SSSR count). The summed E-state index contributed by atoms with van der Waals surface area (Å²) < 4.78 is 0. The van der Waals surface area contributed by atoms with Gasteiger partial charge in [0.25, 0.3) is 0 Å². The Balaban J connectivity index is 1.29. The maximum atomic E-state index is 11.4. The summed E-state index contributed by atoms with van der Waals surface area (Å²) in [5.41, 5.74) is 2.31. The fourth-order valence-corrected chi connectivity index (χ4v) is 3.53. The van der Waals surface area contributed by atoms with Crippen molar-refractivity contribution in [1.29, 1.82) is 0 Å². The maximum absolute atomic E-state index is 11.4. The van der Waals surface area contributed by atoms with E-state index in [1.165, 1.54) is 5.56 Å². The molecule has 1 amide bonds. The molecule has 6 nitrogen and oxygen atoms in total. The first kappa shape index (κ1) is 15.1. The van der Waals surface area contributed by atoms with Gasteiger partial charge in [0.15, 0.2) is 0 Å². The van der Waals surface area contributed by atoms with E-state index in [1.54, 1.807) is 0 Å². The molecule has 2 aliphatic heterocycles. The minimum atomic E-state index is 0.196. The van der Waals surface area contributed by atoms with Gasteiger partial charge in [-0.15, -0.1) is 0 Å². The number of hydrogen-bond acceptors (Lipinski definition) is 5. The number of benzene rings is 1. The van der Waals surface area contributed by atoms with Crippen LogP contribution in [0.1, 0.15) is 17.5 Å². The zero-order valence-electron chi connectivity index (χ0n) is 13.5. The highest BCUT2D eigenvalue weighted by Gasteiger charge is 2.39. The first-order valence-electron chi connectivity index (χ1n) is 8.37. The largest absolute Gasteiger partial charge is 0.352 e. The lowest BCUT2D eigenvalue weighted by Crippen LogP contribution is -2.32. The number of hydrogen-bond donors (Lipinski definition) is 2. The Kier molecular flexibility index (Phi) is 4.13. The van der Waals surface area contributed by atoms with Crippen LogP contribution in [0.4, 0.5) is 5.95 Å². The van der Waals surface area contributed by atoms with E-state index in [0.29, 0.717) is 24.3 Å². The summed E-state index contributed by atoms with van der Waals surface area (Å²) in [5, 5.41) is 6.29. The Hall–Kier alpha value is -2.47. The number of rotatable bonds is 5. The maximum Gasteiger partial charge on any atom is 0.222 e. The van der Waals surface area contributed by atoms with Crippen LogP contribution >= 0.6 is 0 Å². The third-order valence-corrected chi connectivity index (χ3v) is 4.72. The minimum absolute atomic E-state index is 0.196. The lowest BCUT2D eigenvalue weighted by Gasteiger charge is -2.16. The van der Waals surface area contributed by atoms with Crippen molar-refractivity contribution in [3.8, 4) is 0 Å². The van der Waals surface area contributed by atoms with Crippen molar-refractivity contribution in [2.24, 2.45) is 5.92 Å². The van der Waals surface area contributed by atoms with Crippen molar-refractivity contribution in [2.45, 2.75) is 25.6 Å². The van der Waals surface area contributed by atoms with E-state index < -0.39 is 0 Å². The smallest absolute Gasteiger partial charge is 0.222 e. The van der Waals surface area contributed by atoms with Gasteiger partial charge in [0.05, 0.1) is 0 Å². The Morgan fingerprint density at radius 1 is 1.12 bits per heavy atom. The van der Waals surface area contributed by atoms with Gasteiger partial charge in [0.1, 0.15) is 0 Å². The number of carbonyl (C=O) groups excluding carboxylic acids is 1. The highest BCUT2D eigenvalue weighted by molar-refractivity contribution is 5.79. The zero-order valence-corrected chi connectivity index (χ0v) is 13.5. The van der Waals surface area contributed by atoms with Crippen LogP contribution in [-0.2, 0) is 17.9 Å². The number of anilines is 1. The molecule has 2 saturated heterocycles. The molecule has 0 aliphatic carbocycles. The molecule has 0 unspecified atom stereocenters. The van der Waals surface area contributed by atoms with Crippen LogP contribution in [-0.4, -0.2) is 39.9 Å². The average Bonchev–Trinajstić information content (AvgIpc) is 3.12. The monoisotopic (exact) mass is 323 g/mol. The van der Waals surface area contributed by atoms with Crippen molar-refractivity contribution in [1.82, 2.24) is 20.2 Å². The molecular formula is C18H21N5O. The molecule has 2 atom stereocenters. The van der Waals surface area contributed by atoms with Crippen molar-refractivity contribution in [3.63, 3.8) is 0 Å². The summed E-state index contributed by atoms with van der Waals surface area (Å²) >= 11 is 0. The van der Waals surface area contributed by atoms with Crippen LogP contribution in [0, 0.1) is 5.92 Å². The van der Waals surface area contributed by atoms with Crippen molar-refractivity contribution >= 4 is 11.9 Å². The van der Waals surface area contributed by atoms with Gasteiger partial charge in [-0.05, 0) is 5.56 Å². The highest BCUT2D eigenvalue weighted by atomic mass is 16.2. The number of aromatic nitrogens is 2. The van der Waals surface area contributed by atoms with Gasteiger partial charge < -0.3 is 10.6 Å². The number of likely N-dealkylation sites (tertiary alicyclic amines) is 1. The Labute approximate surface area is 141 Å². The van der Waals surface area contributed by atoms with Crippen LogP contribution in [0.5, 0.6) is 0 Å². The van der Waals surface area contributed by atoms with Crippen molar-refractivity contribution < 1.29 is 4.79 Å². The summed E-state index contributed by atoms with van der Waals surface area (Å²) in [6.07, 6.45) is 4.43. The van der Waals surface area contributed by atoms with Crippen molar-refractivity contribution in [3.05, 3.63) is 53.9 Å². The fraction of sp³-hybridized carbons (Fsp3) is 0.389. The van der Waals surface area contributed by atoms with Gasteiger partial charge in [-0.2, -0.15) is 0 Å². The lowest BCUT2D eigenvalue weighted by molar-refractivity contribution is -0.119. The molecule has 24 heavy (non-hydrogen) atoms. The molecule has 2 fully saturated rings. The molecule has 0 spiro atoms. The molecule has 124 valence electrons. The number of fused-ring (bicyclic) bond motifs is 1. The molecule has 0 saturated carbocycles. The predicted molar refractivity (Wildman–Crippen MR) is 91.1 cm³/mol. The van der Waals surface area contributed by atoms with E-state index in [0.717, 1.165) is 31.7 Å². The molecule has 1 aromatic heterocycles. The van der Waals surface area contributed by atoms with Gasteiger partial charge in [-0.25, -0.2) is 9.97 Å². The minimum Gasteiger partial charge on any atom is -0.352 e. The third kappa shape index (κ3) is 3.38. The first-order chi connectivity index (χ1) is 11.8. The normalized spacial score (nSPS) is 23.1. The summed E-state index contributed by atoms with van der Waals surface area (Å²) in [6, 6.07) is 10.5. The molecule has 6 heteroatoms. The van der Waals surface area contributed by atoms with Crippen molar-refractivity contribution in [2.75, 3.05) is 18.4 Å². The molecule has 2 aliphatic rings. The second-order valence-electron chi connectivity index (χ2n) is 6.59. The summed E-state index contributed by atoms with van der Waals surface area (Å²) in [7, 11) is 0. The SMILES string of the molecule is O=C1C[C@H]2CN(Cc3cnc(NCc4ccccc4)nc3)C[C@H]2N1. The van der Waals surface area contributed by atoms with E-state index in [1.807, 2.05) is 30.6 Å². The molecule has 2 aromatic rings. The predicted octanol–water partition coefficient (Wildman–Crippen LogP) is 1.41. The number of amides is 1. The van der Waals surface area contributed by atoms with Gasteiger partial charge in [-0.1, -0.05) is 30.3 Å². The number of carbonyl (C=O) groups is 1. The van der Waals surface area contributed by atoms with Crippen LogP contribution < -0.4 is 10.6 Å². The van der Waals surface area contributed by atoms with Crippen LogP contribution in [0.3, 0.4) is 0 Å². The van der Waals surface area contributed by atoms with Gasteiger partial charge in [-0.3, -0.25) is 9.69 Å². The molecule has 0 radical (unpaired) electrons. The second kappa shape index (κ2) is 6.57. The number of nitrogens with zero attached hydrogens (tertiary/aromatic N) is 3. The second-order valence-corrected chi connectivity index (χ2v) is 6.59. The molecule has 0 bridgehead atoms. The van der Waals surface area contributed by atoms with E-state index in [9.17, 15) is 4.79 Å². The van der Waals surface area contributed by atoms with Crippen LogP contribution in [0.25, 0.3) is 0 Å². The first-order valence-corrected chi connectivity index (χ1v) is 8.37. The quantitative estimate of drug-likeness (QED) is 0.871. The summed E-state index contributed by atoms with van der Waals surface area (Å²) in [4.78, 5) is 22.5. The van der Waals surface area contributed by atoms with Gasteiger partial charge >= 0.3 is 0 Å². The van der Waals surface area contributed by atoms with Crippen LogP contribution in [0.2, 0.25) is 0 Å². The Morgan fingerprint density at radius 2 is 1.92 bits per heavy atom. The van der Waals surface area contributed by atoms with E-state index in [-0.39, 0.29) is 5.91 Å². The number of nitrogens with one attached hydrogen (secondary N) is 2. The summed E-state index contributed by atoms with van der Waals surface area (Å²) in [6.45, 7) is 3.44. The van der Waals surface area contributed by atoms with E-state index >= 15 is 0 Å². The fourth-order valence-electron chi connectivity index (χ4n) is 3.53. The molecule has 2 N–H and O–H groups in total. The Morgan fingerprint density at radius 3 is 2.67 bits per heavy atom. The van der Waals surface area contributed by atoms with Gasteiger partial charge in [0, 0.05) is 62.5 Å². The Bertz CT molecular complexity index is 687. The molecule has 1 aromatic carbocycles. The average molecular weight is 323 g/mol. The highest BCUT2D eigenvalue weighted by Crippen LogP contribution is 2.26.